The van der Waals surface area contributed by atoms with Crippen molar-refractivity contribution in [2.75, 3.05) is 16.6 Å². The average Bonchev–Trinajstić information content (AvgIpc) is 3.00. The second-order valence-electron chi connectivity index (χ2n) is 13.6. The lowest BCUT2D eigenvalue weighted by Crippen LogP contribution is -2.45. The highest BCUT2D eigenvalue weighted by molar-refractivity contribution is 7.92. The van der Waals surface area contributed by atoms with Gasteiger partial charge in [-0.3, -0.25) is 10.1 Å². The zero-order valence-electron chi connectivity index (χ0n) is 28.8. The van der Waals surface area contributed by atoms with E-state index < -0.39 is 28.1 Å². The number of benzene rings is 2. The average molecular weight is 687 g/mol. The number of nitrogens with zero attached hydrogens (tertiary/aromatic N) is 4. The highest BCUT2D eigenvalue weighted by Gasteiger charge is 2.31. The number of anilines is 2. The molecule has 0 aliphatic carbocycles. The van der Waals surface area contributed by atoms with Crippen LogP contribution in [-0.2, 0) is 21.3 Å². The van der Waals surface area contributed by atoms with Gasteiger partial charge in [0.05, 0.1) is 22.7 Å². The van der Waals surface area contributed by atoms with E-state index in [0.717, 1.165) is 16.7 Å². The topological polar surface area (TPSA) is 153 Å². The van der Waals surface area contributed by atoms with Crippen LogP contribution in [0.25, 0.3) is 11.3 Å². The molecular formula is C36H42N6O6S. The Labute approximate surface area is 287 Å². The molecule has 2 aromatic carbocycles. The molecule has 0 saturated carbocycles. The van der Waals surface area contributed by atoms with Gasteiger partial charge in [0.1, 0.15) is 12.4 Å². The van der Waals surface area contributed by atoms with Gasteiger partial charge in [-0.25, -0.2) is 27.9 Å². The van der Waals surface area contributed by atoms with Crippen LogP contribution in [0.5, 0.6) is 5.88 Å². The number of carbonyl (C=O) groups excluding carboxylic acids is 2. The van der Waals surface area contributed by atoms with Crippen molar-refractivity contribution in [3.05, 3.63) is 89.1 Å². The number of nitrogens with one attached hydrogen (secondary N) is 2. The molecule has 4 bridgehead atoms. The fraction of sp³-hybridized carbons (Fsp3) is 0.361. The third kappa shape index (κ3) is 8.91. The summed E-state index contributed by atoms with van der Waals surface area (Å²) in [4.78, 5) is 41.5. The monoisotopic (exact) mass is 686 g/mol. The molecule has 1 atom stereocenters. The van der Waals surface area contributed by atoms with Crippen molar-refractivity contribution in [2.45, 2.75) is 78.5 Å². The van der Waals surface area contributed by atoms with Crippen LogP contribution in [-0.4, -0.2) is 59.0 Å². The van der Waals surface area contributed by atoms with Gasteiger partial charge in [-0.05, 0) is 86.6 Å². The minimum Gasteiger partial charge on any atom is -0.475 e. The van der Waals surface area contributed by atoms with Gasteiger partial charge in [0.2, 0.25) is 11.8 Å². The zero-order chi connectivity index (χ0) is 35.5. The summed E-state index contributed by atoms with van der Waals surface area (Å²) in [6.45, 7) is 13.8. The Morgan fingerprint density at radius 3 is 2.47 bits per heavy atom. The van der Waals surface area contributed by atoms with E-state index in [2.05, 4.69) is 45.8 Å². The Hall–Kier alpha value is -5.04. The molecule has 2 aromatic heterocycles. The van der Waals surface area contributed by atoms with Crippen LogP contribution >= 0.6 is 0 Å². The molecule has 3 heterocycles. The van der Waals surface area contributed by atoms with E-state index in [1.165, 1.54) is 24.4 Å². The van der Waals surface area contributed by atoms with E-state index in [1.807, 2.05) is 32.0 Å². The lowest BCUT2D eigenvalue weighted by atomic mass is 9.87. The largest absolute Gasteiger partial charge is 0.475 e. The molecule has 0 spiro atoms. The molecule has 2 amide bonds. The SMILES string of the molecule is Cc1cccc(C)c1-c1cc2nc(n1)NS(=O)(=O)c1cccc(c1)C(=O)N(Cc1ccnc(NC(=O)OC(C)C)c1)[C@H](CC(C)(C)C)CO2. The quantitative estimate of drug-likeness (QED) is 0.224. The number of carbonyl (C=O) groups is 2. The summed E-state index contributed by atoms with van der Waals surface area (Å²) in [5.41, 5.74) is 3.86. The summed E-state index contributed by atoms with van der Waals surface area (Å²) in [7, 11) is -4.21. The van der Waals surface area contributed by atoms with Crippen LogP contribution in [0, 0.1) is 19.3 Å². The van der Waals surface area contributed by atoms with Crippen molar-refractivity contribution in [2.24, 2.45) is 5.41 Å². The molecule has 1 aliphatic rings. The number of sulfonamides is 1. The van der Waals surface area contributed by atoms with Crippen LogP contribution in [0.4, 0.5) is 16.6 Å². The van der Waals surface area contributed by atoms with Gasteiger partial charge in [-0.2, -0.15) is 4.98 Å². The van der Waals surface area contributed by atoms with E-state index in [0.29, 0.717) is 17.7 Å². The standard InChI is InChI=1S/C36H42N6O6S/c1-22(2)48-35(44)39-30-16-25(14-15-37-30)20-42-27(19-36(5,6)7)21-47-31-18-29(32-23(3)10-8-11-24(32)4)38-34(40-31)41-49(45,46)28-13-9-12-26(17-28)33(42)43/h8-18,22,27H,19-21H2,1-7H3,(H,37,39,44)(H,38,40,41)/t27-/m1/s1. The first-order valence-corrected chi connectivity index (χ1v) is 17.5. The number of fused-ring (bicyclic) bond motifs is 4. The predicted octanol–water partition coefficient (Wildman–Crippen LogP) is 6.75. The lowest BCUT2D eigenvalue weighted by molar-refractivity contribution is 0.0513. The van der Waals surface area contributed by atoms with E-state index in [1.54, 1.807) is 43.0 Å². The number of aromatic nitrogens is 3. The van der Waals surface area contributed by atoms with Gasteiger partial charge in [0, 0.05) is 29.9 Å². The first-order chi connectivity index (χ1) is 23.1. The molecule has 0 saturated heterocycles. The Kier molecular flexibility index (Phi) is 10.2. The molecule has 4 aromatic rings. The number of hydrogen-bond donors (Lipinski definition) is 2. The van der Waals surface area contributed by atoms with Gasteiger partial charge in [0.15, 0.2) is 0 Å². The molecular weight excluding hydrogens is 644 g/mol. The predicted molar refractivity (Wildman–Crippen MR) is 187 cm³/mol. The maximum atomic E-state index is 14.4. The van der Waals surface area contributed by atoms with E-state index in [4.69, 9.17) is 9.47 Å². The third-order valence-electron chi connectivity index (χ3n) is 7.78. The van der Waals surface area contributed by atoms with Gasteiger partial charge in [-0.1, -0.05) is 45.0 Å². The van der Waals surface area contributed by atoms with Crippen LogP contribution in [0.3, 0.4) is 0 Å². The van der Waals surface area contributed by atoms with Crippen LogP contribution in [0.2, 0.25) is 0 Å². The van der Waals surface area contributed by atoms with Crippen molar-refractivity contribution in [3.8, 4) is 17.1 Å². The smallest absolute Gasteiger partial charge is 0.413 e. The summed E-state index contributed by atoms with van der Waals surface area (Å²) in [5, 5.41) is 2.63. The van der Waals surface area contributed by atoms with E-state index in [9.17, 15) is 18.0 Å². The Morgan fingerprint density at radius 1 is 1.06 bits per heavy atom. The van der Waals surface area contributed by atoms with Crippen molar-refractivity contribution < 1.29 is 27.5 Å². The summed E-state index contributed by atoms with van der Waals surface area (Å²) in [6, 6.07) is 16.4. The molecule has 2 N–H and O–H groups in total. The molecule has 0 unspecified atom stereocenters. The van der Waals surface area contributed by atoms with Crippen molar-refractivity contribution in [1.82, 2.24) is 19.9 Å². The molecule has 13 heteroatoms. The first-order valence-electron chi connectivity index (χ1n) is 16.0. The number of aryl methyl sites for hydroxylation is 2. The molecule has 49 heavy (non-hydrogen) atoms. The fourth-order valence-corrected chi connectivity index (χ4v) is 6.72. The van der Waals surface area contributed by atoms with Gasteiger partial charge >= 0.3 is 6.09 Å². The van der Waals surface area contributed by atoms with Crippen molar-refractivity contribution in [1.29, 1.82) is 0 Å². The van der Waals surface area contributed by atoms with Crippen molar-refractivity contribution >= 4 is 33.8 Å². The van der Waals surface area contributed by atoms with Gasteiger partial charge in [0.25, 0.3) is 15.9 Å². The molecule has 12 nitrogen and oxygen atoms in total. The minimum absolute atomic E-state index is 0.0506. The summed E-state index contributed by atoms with van der Waals surface area (Å²) in [5.74, 6) is -0.129. The minimum atomic E-state index is -4.21. The highest BCUT2D eigenvalue weighted by atomic mass is 32.2. The Bertz CT molecular complexity index is 1950. The molecule has 258 valence electrons. The molecule has 0 fully saturated rings. The Balaban J connectivity index is 1.62. The fourth-order valence-electron chi connectivity index (χ4n) is 5.73. The van der Waals surface area contributed by atoms with Gasteiger partial charge in [-0.15, -0.1) is 0 Å². The van der Waals surface area contributed by atoms with Crippen LogP contribution in [0.15, 0.2) is 71.8 Å². The number of rotatable bonds is 6. The maximum absolute atomic E-state index is 14.4. The third-order valence-corrected chi connectivity index (χ3v) is 9.11. The normalized spacial score (nSPS) is 16.0. The summed E-state index contributed by atoms with van der Waals surface area (Å²) >= 11 is 0. The molecule has 5 rings (SSSR count). The van der Waals surface area contributed by atoms with Gasteiger partial charge < -0.3 is 14.4 Å². The lowest BCUT2D eigenvalue weighted by Gasteiger charge is -2.36. The van der Waals surface area contributed by atoms with Crippen LogP contribution < -0.4 is 14.8 Å². The van der Waals surface area contributed by atoms with Crippen molar-refractivity contribution in [3.63, 3.8) is 0 Å². The number of pyridine rings is 1. The van der Waals surface area contributed by atoms with E-state index >= 15 is 0 Å². The molecule has 1 aliphatic heterocycles. The maximum Gasteiger partial charge on any atom is 0.413 e. The number of ether oxygens (including phenoxy) is 2. The number of hydrogen-bond acceptors (Lipinski definition) is 9. The second-order valence-corrected chi connectivity index (χ2v) is 15.3. The van der Waals surface area contributed by atoms with Crippen LogP contribution in [0.1, 0.15) is 68.1 Å². The van der Waals surface area contributed by atoms with E-state index in [-0.39, 0.29) is 52.8 Å². The Morgan fingerprint density at radius 2 is 1.78 bits per heavy atom. The zero-order valence-corrected chi connectivity index (χ0v) is 29.6. The second kappa shape index (κ2) is 14.2. The molecule has 0 radical (unpaired) electrons. The summed E-state index contributed by atoms with van der Waals surface area (Å²) < 4.78 is 41.4. The number of amides is 2. The summed E-state index contributed by atoms with van der Waals surface area (Å²) in [6.07, 6.45) is 1.11. The highest BCUT2D eigenvalue weighted by Crippen LogP contribution is 2.32. The first kappa shape index (κ1) is 35.3.